The second-order valence-corrected chi connectivity index (χ2v) is 7.47. The van der Waals surface area contributed by atoms with E-state index in [1.807, 2.05) is 0 Å². The van der Waals surface area contributed by atoms with E-state index < -0.39 is 10.0 Å². The summed E-state index contributed by atoms with van der Waals surface area (Å²) in [5.41, 5.74) is 0. The molecule has 1 fully saturated rings. The summed E-state index contributed by atoms with van der Waals surface area (Å²) in [5, 5.41) is 0. The Morgan fingerprint density at radius 2 is 1.68 bits per heavy atom. The van der Waals surface area contributed by atoms with Crippen molar-refractivity contribution < 1.29 is 13.2 Å². The van der Waals surface area contributed by atoms with Gasteiger partial charge < -0.3 is 9.64 Å². The van der Waals surface area contributed by atoms with Gasteiger partial charge in [-0.15, -0.1) is 0 Å². The maximum Gasteiger partial charge on any atom is 0.243 e. The molecule has 0 spiro atoms. The van der Waals surface area contributed by atoms with Crippen molar-refractivity contribution >= 4 is 10.0 Å². The fraction of sp³-hybridized carbons (Fsp3) is 0.625. The Morgan fingerprint density at radius 3 is 2.14 bits per heavy atom. The van der Waals surface area contributed by atoms with Crippen molar-refractivity contribution in [3.05, 3.63) is 24.3 Å². The minimum atomic E-state index is -3.39. The predicted octanol–water partition coefficient (Wildman–Crippen LogP) is 2.19. The van der Waals surface area contributed by atoms with Crippen LogP contribution in [0.5, 0.6) is 5.75 Å². The van der Waals surface area contributed by atoms with E-state index in [9.17, 15) is 8.42 Å². The van der Waals surface area contributed by atoms with Crippen molar-refractivity contribution in [1.82, 2.24) is 9.21 Å². The standard InChI is InChI=1S/C16H26N2O3S/c1-4-17(5-2)14-10-12-18(13-11-14)22(19,20)16-8-6-15(21-3)7-9-16/h6-9,14H,4-5,10-13H2,1-3H3. The number of sulfonamides is 1. The molecule has 1 aliphatic heterocycles. The van der Waals surface area contributed by atoms with Crippen LogP contribution < -0.4 is 4.74 Å². The van der Waals surface area contributed by atoms with Crippen molar-refractivity contribution in [3.8, 4) is 5.75 Å². The highest BCUT2D eigenvalue weighted by Gasteiger charge is 2.30. The zero-order chi connectivity index (χ0) is 16.2. The Bertz CT molecular complexity index is 560. The largest absolute Gasteiger partial charge is 0.497 e. The van der Waals surface area contributed by atoms with E-state index >= 15 is 0 Å². The molecule has 0 unspecified atom stereocenters. The zero-order valence-electron chi connectivity index (χ0n) is 13.7. The third-order valence-corrected chi connectivity index (χ3v) is 6.36. The van der Waals surface area contributed by atoms with E-state index in [1.165, 1.54) is 0 Å². The first-order valence-corrected chi connectivity index (χ1v) is 9.35. The van der Waals surface area contributed by atoms with E-state index in [0.29, 0.717) is 29.8 Å². The molecule has 2 rings (SSSR count). The molecular weight excluding hydrogens is 300 g/mol. The smallest absolute Gasteiger partial charge is 0.243 e. The minimum Gasteiger partial charge on any atom is -0.497 e. The molecule has 1 aromatic carbocycles. The van der Waals surface area contributed by atoms with Crippen LogP contribution in [0.1, 0.15) is 26.7 Å². The summed E-state index contributed by atoms with van der Waals surface area (Å²) in [4.78, 5) is 2.76. The van der Waals surface area contributed by atoms with Gasteiger partial charge in [-0.05, 0) is 50.2 Å². The number of rotatable bonds is 6. The van der Waals surface area contributed by atoms with E-state index in [4.69, 9.17) is 4.74 Å². The average Bonchev–Trinajstić information content (AvgIpc) is 2.56. The number of nitrogens with zero attached hydrogens (tertiary/aromatic N) is 2. The van der Waals surface area contributed by atoms with E-state index in [1.54, 1.807) is 35.7 Å². The lowest BCUT2D eigenvalue weighted by Gasteiger charge is -2.37. The highest BCUT2D eigenvalue weighted by atomic mass is 32.2. The Kier molecular flexibility index (Phi) is 5.83. The van der Waals surface area contributed by atoms with Crippen LogP contribution in [0, 0.1) is 0 Å². The Labute approximate surface area is 133 Å². The van der Waals surface area contributed by atoms with Crippen molar-refractivity contribution in [2.24, 2.45) is 0 Å². The molecule has 22 heavy (non-hydrogen) atoms. The monoisotopic (exact) mass is 326 g/mol. The summed E-state index contributed by atoms with van der Waals surface area (Å²) in [5.74, 6) is 0.666. The van der Waals surface area contributed by atoms with Crippen molar-refractivity contribution in [2.75, 3.05) is 33.3 Å². The number of benzene rings is 1. The van der Waals surface area contributed by atoms with Crippen molar-refractivity contribution in [2.45, 2.75) is 37.6 Å². The summed E-state index contributed by atoms with van der Waals surface area (Å²) < 4.78 is 32.0. The van der Waals surface area contributed by atoms with Crippen LogP contribution in [-0.2, 0) is 10.0 Å². The van der Waals surface area contributed by atoms with Gasteiger partial charge in [-0.1, -0.05) is 13.8 Å². The molecule has 0 atom stereocenters. The van der Waals surface area contributed by atoms with Gasteiger partial charge >= 0.3 is 0 Å². The molecule has 0 bridgehead atoms. The third-order valence-electron chi connectivity index (χ3n) is 4.45. The van der Waals surface area contributed by atoms with Crippen molar-refractivity contribution in [1.29, 1.82) is 0 Å². The van der Waals surface area contributed by atoms with Gasteiger partial charge in [0.25, 0.3) is 0 Å². The van der Waals surface area contributed by atoms with Gasteiger partial charge in [-0.3, -0.25) is 0 Å². The zero-order valence-corrected chi connectivity index (χ0v) is 14.5. The van der Waals surface area contributed by atoms with E-state index in [2.05, 4.69) is 18.7 Å². The molecule has 6 heteroatoms. The molecule has 124 valence electrons. The number of ether oxygens (including phenoxy) is 1. The lowest BCUT2D eigenvalue weighted by molar-refractivity contribution is 0.152. The van der Waals surface area contributed by atoms with Crippen LogP contribution in [0.15, 0.2) is 29.2 Å². The summed E-state index contributed by atoms with van der Waals surface area (Å²) in [6.07, 6.45) is 1.80. The molecule has 0 N–H and O–H groups in total. The number of hydrogen-bond acceptors (Lipinski definition) is 4. The average molecular weight is 326 g/mol. The van der Waals surface area contributed by atoms with Crippen LogP contribution >= 0.6 is 0 Å². The molecular formula is C16H26N2O3S. The highest BCUT2D eigenvalue weighted by molar-refractivity contribution is 7.89. The SMILES string of the molecule is CCN(CC)C1CCN(S(=O)(=O)c2ccc(OC)cc2)CC1. The number of hydrogen-bond donors (Lipinski definition) is 0. The second kappa shape index (κ2) is 7.44. The lowest BCUT2D eigenvalue weighted by atomic mass is 10.1. The molecule has 1 aliphatic rings. The molecule has 0 saturated carbocycles. The molecule has 1 aromatic rings. The fourth-order valence-electron chi connectivity index (χ4n) is 3.08. The van der Waals surface area contributed by atoms with Crippen LogP contribution in [0.2, 0.25) is 0 Å². The first-order valence-electron chi connectivity index (χ1n) is 7.91. The van der Waals surface area contributed by atoms with Crippen LogP contribution in [-0.4, -0.2) is 57.0 Å². The molecule has 0 aromatic heterocycles. The Balaban J connectivity index is 2.05. The lowest BCUT2D eigenvalue weighted by Crippen LogP contribution is -2.46. The van der Waals surface area contributed by atoms with E-state index in [-0.39, 0.29) is 0 Å². The molecule has 5 nitrogen and oxygen atoms in total. The predicted molar refractivity (Wildman–Crippen MR) is 87.7 cm³/mol. The Morgan fingerprint density at radius 1 is 1.14 bits per heavy atom. The fourth-order valence-corrected chi connectivity index (χ4v) is 4.55. The van der Waals surface area contributed by atoms with Crippen LogP contribution in [0.3, 0.4) is 0 Å². The first-order chi connectivity index (χ1) is 10.5. The van der Waals surface area contributed by atoms with Crippen LogP contribution in [0.25, 0.3) is 0 Å². The normalized spacial score (nSPS) is 17.8. The summed E-state index contributed by atoms with van der Waals surface area (Å²) in [6, 6.07) is 7.11. The maximum absolute atomic E-state index is 12.7. The molecule has 0 radical (unpaired) electrons. The third kappa shape index (κ3) is 3.62. The first kappa shape index (κ1) is 17.2. The summed E-state index contributed by atoms with van der Waals surface area (Å²) >= 11 is 0. The van der Waals surface area contributed by atoms with Gasteiger partial charge in [0.1, 0.15) is 5.75 Å². The Hall–Kier alpha value is -1.11. The molecule has 0 amide bonds. The molecule has 0 aliphatic carbocycles. The molecule has 1 saturated heterocycles. The maximum atomic E-state index is 12.7. The van der Waals surface area contributed by atoms with Gasteiger partial charge in [-0.2, -0.15) is 4.31 Å². The summed E-state index contributed by atoms with van der Waals surface area (Å²) in [6.45, 7) is 7.54. The van der Waals surface area contributed by atoms with Crippen molar-refractivity contribution in [3.63, 3.8) is 0 Å². The van der Waals surface area contributed by atoms with Gasteiger partial charge in [0.05, 0.1) is 12.0 Å². The second-order valence-electron chi connectivity index (χ2n) is 5.53. The van der Waals surface area contributed by atoms with E-state index in [0.717, 1.165) is 25.9 Å². The van der Waals surface area contributed by atoms with Gasteiger partial charge in [0.15, 0.2) is 0 Å². The summed E-state index contributed by atoms with van der Waals surface area (Å²) in [7, 11) is -1.82. The van der Waals surface area contributed by atoms with Crippen LogP contribution in [0.4, 0.5) is 0 Å². The highest BCUT2D eigenvalue weighted by Crippen LogP contribution is 2.24. The minimum absolute atomic E-state index is 0.342. The topological polar surface area (TPSA) is 49.9 Å². The van der Waals surface area contributed by atoms with Gasteiger partial charge in [0, 0.05) is 19.1 Å². The number of piperidine rings is 1. The molecule has 1 heterocycles. The quantitative estimate of drug-likeness (QED) is 0.804. The van der Waals surface area contributed by atoms with Gasteiger partial charge in [0.2, 0.25) is 10.0 Å². The van der Waals surface area contributed by atoms with Gasteiger partial charge in [-0.25, -0.2) is 8.42 Å². The number of methoxy groups -OCH3 is 1.